The van der Waals surface area contributed by atoms with Crippen molar-refractivity contribution in [3.8, 4) is 0 Å². The van der Waals surface area contributed by atoms with Crippen LogP contribution in [-0.2, 0) is 6.54 Å². The van der Waals surface area contributed by atoms with Crippen molar-refractivity contribution in [2.24, 2.45) is 0 Å². The number of halogens is 2. The zero-order valence-corrected chi connectivity index (χ0v) is 10.7. The Morgan fingerprint density at radius 3 is 2.47 bits per heavy atom. The molecule has 0 saturated carbocycles. The van der Waals surface area contributed by atoms with Crippen LogP contribution in [0.15, 0.2) is 30.5 Å². The fourth-order valence-electron chi connectivity index (χ4n) is 1.55. The fraction of sp³-hybridized carbons (Fsp3) is 0.231. The first-order valence-corrected chi connectivity index (χ1v) is 5.75. The first-order chi connectivity index (χ1) is 9.08. The smallest absolute Gasteiger partial charge is 0.224 e. The molecule has 0 radical (unpaired) electrons. The zero-order chi connectivity index (χ0) is 13.8. The molecule has 0 aliphatic heterocycles. The van der Waals surface area contributed by atoms with Gasteiger partial charge in [-0.25, -0.2) is 13.8 Å². The molecule has 0 aliphatic rings. The van der Waals surface area contributed by atoms with Crippen LogP contribution in [0.25, 0.3) is 0 Å². The van der Waals surface area contributed by atoms with Gasteiger partial charge in [0.1, 0.15) is 17.5 Å². The minimum absolute atomic E-state index is 0.00457. The molecular formula is C13H14F2N4. The van der Waals surface area contributed by atoms with Crippen LogP contribution in [0.3, 0.4) is 0 Å². The van der Waals surface area contributed by atoms with E-state index in [0.717, 1.165) is 0 Å². The molecule has 2 rings (SSSR count). The highest BCUT2D eigenvalue weighted by atomic mass is 19.1. The molecule has 1 aromatic heterocycles. The summed E-state index contributed by atoms with van der Waals surface area (Å²) in [5, 5.41) is 2.81. The average molecular weight is 264 g/mol. The molecule has 100 valence electrons. The summed E-state index contributed by atoms with van der Waals surface area (Å²) in [6.07, 6.45) is 1.59. The van der Waals surface area contributed by atoms with Gasteiger partial charge in [-0.15, -0.1) is 0 Å². The number of hydrogen-bond acceptors (Lipinski definition) is 4. The molecule has 0 saturated heterocycles. The van der Waals surface area contributed by atoms with Gasteiger partial charge in [0.25, 0.3) is 0 Å². The van der Waals surface area contributed by atoms with Crippen LogP contribution in [0.2, 0.25) is 0 Å². The molecule has 1 N–H and O–H groups in total. The third kappa shape index (κ3) is 3.15. The van der Waals surface area contributed by atoms with Crippen molar-refractivity contribution in [1.29, 1.82) is 0 Å². The summed E-state index contributed by atoms with van der Waals surface area (Å²) in [5.41, 5.74) is -0.0265. The van der Waals surface area contributed by atoms with Gasteiger partial charge in [0.15, 0.2) is 0 Å². The Morgan fingerprint density at radius 2 is 1.84 bits per heavy atom. The van der Waals surface area contributed by atoms with Gasteiger partial charge in [-0.05, 0) is 18.2 Å². The normalized spacial score (nSPS) is 10.3. The number of anilines is 2. The summed E-state index contributed by atoms with van der Waals surface area (Å²) in [7, 11) is 3.70. The second-order valence-corrected chi connectivity index (χ2v) is 4.19. The molecule has 1 aromatic carbocycles. The van der Waals surface area contributed by atoms with Crippen LogP contribution in [0.1, 0.15) is 5.56 Å². The summed E-state index contributed by atoms with van der Waals surface area (Å²) in [4.78, 5) is 10.0. The van der Waals surface area contributed by atoms with Gasteiger partial charge >= 0.3 is 0 Å². The topological polar surface area (TPSA) is 41.1 Å². The number of rotatable bonds is 4. The van der Waals surface area contributed by atoms with Gasteiger partial charge in [0.2, 0.25) is 5.95 Å². The summed E-state index contributed by atoms with van der Waals surface area (Å²) >= 11 is 0. The van der Waals surface area contributed by atoms with Crippen molar-refractivity contribution in [3.63, 3.8) is 0 Å². The Hall–Kier alpha value is -2.24. The van der Waals surface area contributed by atoms with Gasteiger partial charge in [-0.2, -0.15) is 4.98 Å². The maximum atomic E-state index is 13.4. The summed E-state index contributed by atoms with van der Waals surface area (Å²) < 4.78 is 26.9. The van der Waals surface area contributed by atoms with Crippen molar-refractivity contribution in [3.05, 3.63) is 47.7 Å². The quantitative estimate of drug-likeness (QED) is 0.920. The van der Waals surface area contributed by atoms with Crippen LogP contribution in [0.4, 0.5) is 20.5 Å². The molecule has 4 nitrogen and oxygen atoms in total. The molecular weight excluding hydrogens is 250 g/mol. The van der Waals surface area contributed by atoms with Crippen molar-refractivity contribution < 1.29 is 8.78 Å². The van der Waals surface area contributed by atoms with Crippen molar-refractivity contribution >= 4 is 11.8 Å². The van der Waals surface area contributed by atoms with E-state index in [1.807, 2.05) is 19.0 Å². The van der Waals surface area contributed by atoms with E-state index in [1.54, 1.807) is 12.3 Å². The lowest BCUT2D eigenvalue weighted by molar-refractivity contribution is 0.559. The fourth-order valence-corrected chi connectivity index (χ4v) is 1.55. The van der Waals surface area contributed by atoms with Gasteiger partial charge in [0, 0.05) is 32.4 Å². The molecule has 0 fully saturated rings. The second kappa shape index (κ2) is 5.60. The van der Waals surface area contributed by atoms with Crippen molar-refractivity contribution in [1.82, 2.24) is 9.97 Å². The van der Waals surface area contributed by atoms with E-state index in [-0.39, 0.29) is 12.1 Å². The molecule has 6 heteroatoms. The molecule has 0 unspecified atom stereocenters. The Morgan fingerprint density at radius 1 is 1.16 bits per heavy atom. The van der Waals surface area contributed by atoms with E-state index < -0.39 is 11.6 Å². The Labute approximate surface area is 110 Å². The highest BCUT2D eigenvalue weighted by Crippen LogP contribution is 2.14. The number of benzene rings is 1. The molecule has 2 aromatic rings. The highest BCUT2D eigenvalue weighted by Gasteiger charge is 2.08. The third-order valence-electron chi connectivity index (χ3n) is 2.58. The maximum Gasteiger partial charge on any atom is 0.224 e. The standard InChI is InChI=1S/C13H14F2N4/c1-19(2)12-6-7-16-13(18-12)17-8-9-10(14)4-3-5-11(9)15/h3-7H,8H2,1-2H3,(H,16,17,18). The van der Waals surface area contributed by atoms with E-state index in [1.165, 1.54) is 18.2 Å². The molecule has 0 aliphatic carbocycles. The number of nitrogens with zero attached hydrogens (tertiary/aromatic N) is 3. The second-order valence-electron chi connectivity index (χ2n) is 4.19. The highest BCUT2D eigenvalue weighted by molar-refractivity contribution is 5.41. The van der Waals surface area contributed by atoms with Crippen molar-refractivity contribution in [2.75, 3.05) is 24.3 Å². The predicted octanol–water partition coefficient (Wildman–Crippen LogP) is 2.43. The lowest BCUT2D eigenvalue weighted by Gasteiger charge is -2.12. The van der Waals surface area contributed by atoms with Crippen LogP contribution >= 0.6 is 0 Å². The van der Waals surface area contributed by atoms with E-state index in [0.29, 0.717) is 11.8 Å². The molecule has 19 heavy (non-hydrogen) atoms. The van der Waals surface area contributed by atoms with Gasteiger partial charge < -0.3 is 10.2 Å². The van der Waals surface area contributed by atoms with Crippen LogP contribution in [0, 0.1) is 11.6 Å². The zero-order valence-electron chi connectivity index (χ0n) is 10.7. The maximum absolute atomic E-state index is 13.4. The van der Waals surface area contributed by atoms with Crippen LogP contribution in [0.5, 0.6) is 0 Å². The Bertz CT molecular complexity index is 552. The molecule has 0 amide bonds. The van der Waals surface area contributed by atoms with Crippen LogP contribution < -0.4 is 10.2 Å². The SMILES string of the molecule is CN(C)c1ccnc(NCc2c(F)cccc2F)n1. The molecule has 0 bridgehead atoms. The molecule has 0 spiro atoms. The summed E-state index contributed by atoms with van der Waals surface area (Å²) in [6, 6.07) is 5.51. The van der Waals surface area contributed by atoms with E-state index in [2.05, 4.69) is 15.3 Å². The Balaban J connectivity index is 2.12. The first-order valence-electron chi connectivity index (χ1n) is 5.75. The molecule has 1 heterocycles. The third-order valence-corrected chi connectivity index (χ3v) is 2.58. The van der Waals surface area contributed by atoms with E-state index >= 15 is 0 Å². The molecule has 0 atom stereocenters. The number of hydrogen-bond donors (Lipinski definition) is 1. The number of aromatic nitrogens is 2. The Kier molecular flexibility index (Phi) is 3.89. The summed E-state index contributed by atoms with van der Waals surface area (Å²) in [6.45, 7) is -0.00457. The lowest BCUT2D eigenvalue weighted by atomic mass is 10.2. The minimum atomic E-state index is -0.587. The van der Waals surface area contributed by atoms with Gasteiger partial charge in [-0.3, -0.25) is 0 Å². The number of nitrogens with one attached hydrogen (secondary N) is 1. The average Bonchev–Trinajstić information content (AvgIpc) is 2.38. The van der Waals surface area contributed by atoms with Crippen LogP contribution in [-0.4, -0.2) is 24.1 Å². The largest absolute Gasteiger partial charge is 0.363 e. The van der Waals surface area contributed by atoms with Gasteiger partial charge in [-0.1, -0.05) is 6.07 Å². The lowest BCUT2D eigenvalue weighted by Crippen LogP contribution is -2.13. The summed E-state index contributed by atoms with van der Waals surface area (Å²) in [5.74, 6) is -0.132. The van der Waals surface area contributed by atoms with Crippen molar-refractivity contribution in [2.45, 2.75) is 6.54 Å². The monoisotopic (exact) mass is 264 g/mol. The van der Waals surface area contributed by atoms with E-state index in [9.17, 15) is 8.78 Å². The first kappa shape index (κ1) is 13.2. The van der Waals surface area contributed by atoms with E-state index in [4.69, 9.17) is 0 Å². The minimum Gasteiger partial charge on any atom is -0.363 e. The van der Waals surface area contributed by atoms with Gasteiger partial charge in [0.05, 0.1) is 0 Å². The predicted molar refractivity (Wildman–Crippen MR) is 70.0 cm³/mol.